The van der Waals surface area contributed by atoms with E-state index in [1.54, 1.807) is 0 Å². The number of hydrogen-bond acceptors (Lipinski definition) is 1. The van der Waals surface area contributed by atoms with Crippen molar-refractivity contribution in [3.8, 4) is 0 Å². The highest BCUT2D eigenvalue weighted by atomic mass is 32.2. The van der Waals surface area contributed by atoms with E-state index in [9.17, 15) is 0 Å². The van der Waals surface area contributed by atoms with E-state index in [1.165, 1.54) is 66.4 Å². The first-order valence-electron chi connectivity index (χ1n) is 8.28. The smallest absolute Gasteiger partial charge is 0.124 e. The van der Waals surface area contributed by atoms with E-state index in [-0.39, 0.29) is 0 Å². The maximum absolute atomic E-state index is 2.41. The number of nitrogens with zero attached hydrogens (tertiary/aromatic N) is 1. The molecule has 0 aliphatic heterocycles. The molecule has 1 aromatic heterocycles. The van der Waals surface area contributed by atoms with Gasteiger partial charge in [-0.05, 0) is 25.0 Å². The number of benzene rings is 1. The Morgan fingerprint density at radius 3 is 2.48 bits per heavy atom. The minimum absolute atomic E-state index is 1.21. The van der Waals surface area contributed by atoms with E-state index in [0.717, 1.165) is 0 Å². The van der Waals surface area contributed by atoms with Crippen LogP contribution in [0.15, 0.2) is 30.3 Å². The molecule has 1 nitrogen and oxygen atoms in total. The third-order valence-corrected chi connectivity index (χ3v) is 5.23. The number of aromatic nitrogens is 1. The highest BCUT2D eigenvalue weighted by Crippen LogP contribution is 2.18. The van der Waals surface area contributed by atoms with Gasteiger partial charge in [-0.2, -0.15) is 0 Å². The highest BCUT2D eigenvalue weighted by molar-refractivity contribution is 7.92. The van der Waals surface area contributed by atoms with E-state index < -0.39 is 0 Å². The van der Waals surface area contributed by atoms with Gasteiger partial charge in [0, 0.05) is 19.1 Å². The van der Waals surface area contributed by atoms with Crippen LogP contribution in [-0.4, -0.2) is 5.75 Å². The minimum Gasteiger partial charge on any atom is -0.124 e. The summed E-state index contributed by atoms with van der Waals surface area (Å²) in [6.07, 6.45) is 8.22. The number of hydrogen-bond donors (Lipinski definition) is 0. The lowest BCUT2D eigenvalue weighted by Crippen LogP contribution is -2.31. The van der Waals surface area contributed by atoms with Gasteiger partial charge in [-0.15, -0.1) is 3.97 Å². The van der Waals surface area contributed by atoms with Crippen molar-refractivity contribution in [2.45, 2.75) is 59.3 Å². The van der Waals surface area contributed by atoms with Crippen LogP contribution in [0.2, 0.25) is 0 Å². The van der Waals surface area contributed by atoms with E-state index >= 15 is 0 Å². The Bertz CT molecular complexity index is 577. The third kappa shape index (κ3) is 4.47. The van der Waals surface area contributed by atoms with E-state index in [0.29, 0.717) is 0 Å². The largest absolute Gasteiger partial charge is 0.226 e. The Morgan fingerprint density at radius 2 is 1.67 bits per heavy atom. The van der Waals surface area contributed by atoms with Gasteiger partial charge in [0.15, 0.2) is 17.6 Å². The summed E-state index contributed by atoms with van der Waals surface area (Å²) in [5.41, 5.74) is 4.08. The first kappa shape index (κ1) is 16.4. The molecule has 0 bridgehead atoms. The molecular weight excluding hydrogens is 274 g/mol. The van der Waals surface area contributed by atoms with Crippen molar-refractivity contribution >= 4 is 22.9 Å². The summed E-state index contributed by atoms with van der Waals surface area (Å²) in [7, 11) is 0. The average molecular weight is 303 g/mol. The van der Waals surface area contributed by atoms with Gasteiger partial charge < -0.3 is 0 Å². The fraction of sp³-hybridized carbons (Fsp3) is 0.526. The van der Waals surface area contributed by atoms with Crippen molar-refractivity contribution in [3.05, 3.63) is 41.6 Å². The van der Waals surface area contributed by atoms with E-state index in [1.807, 2.05) is 11.9 Å². The molecule has 0 atom stereocenters. The monoisotopic (exact) mass is 302 g/mol. The van der Waals surface area contributed by atoms with Crippen LogP contribution in [0.4, 0.5) is 0 Å². The summed E-state index contributed by atoms with van der Waals surface area (Å²) >= 11 is 1.97. The van der Waals surface area contributed by atoms with Gasteiger partial charge in [0.25, 0.3) is 0 Å². The number of unbranched alkanes of at least 4 members (excludes halogenated alkanes) is 5. The van der Waals surface area contributed by atoms with Crippen molar-refractivity contribution < 1.29 is 3.97 Å². The molecular formula is C19H28NS+. The van der Waals surface area contributed by atoms with Crippen LogP contribution in [0, 0.1) is 13.8 Å². The average Bonchev–Trinajstić information content (AvgIpc) is 2.49. The van der Waals surface area contributed by atoms with Gasteiger partial charge in [0.05, 0.1) is 11.1 Å². The zero-order chi connectivity index (χ0) is 15.1. The summed E-state index contributed by atoms with van der Waals surface area (Å²) in [4.78, 5) is 0. The SMILES string of the molecule is CCCCCCCCS[n+]1c(C)cc(C)c2ccccc21. The second-order valence-electron chi connectivity index (χ2n) is 5.88. The van der Waals surface area contributed by atoms with Gasteiger partial charge >= 0.3 is 0 Å². The Balaban J connectivity index is 1.96. The van der Waals surface area contributed by atoms with Gasteiger partial charge in [0.1, 0.15) is 0 Å². The lowest BCUT2D eigenvalue weighted by Gasteiger charge is -2.05. The molecule has 0 unspecified atom stereocenters. The fourth-order valence-electron chi connectivity index (χ4n) is 2.83. The van der Waals surface area contributed by atoms with E-state index in [2.05, 4.69) is 55.1 Å². The van der Waals surface area contributed by atoms with Crippen LogP contribution in [0.1, 0.15) is 56.7 Å². The Labute approximate surface area is 133 Å². The fourth-order valence-corrected chi connectivity index (χ4v) is 3.90. The summed E-state index contributed by atoms with van der Waals surface area (Å²) in [5.74, 6) is 1.21. The maximum atomic E-state index is 2.41. The normalized spacial score (nSPS) is 11.2. The molecule has 0 saturated carbocycles. The van der Waals surface area contributed by atoms with Crippen molar-refractivity contribution in [3.63, 3.8) is 0 Å². The minimum atomic E-state index is 1.21. The zero-order valence-electron chi connectivity index (χ0n) is 13.7. The topological polar surface area (TPSA) is 3.88 Å². The number of pyridine rings is 1. The number of para-hydroxylation sites is 1. The number of fused-ring (bicyclic) bond motifs is 1. The van der Waals surface area contributed by atoms with Gasteiger partial charge in [-0.3, -0.25) is 0 Å². The Hall–Kier alpha value is -1.02. The standard InChI is InChI=1S/C19H28NS/c1-4-5-6-7-8-11-14-21-20-17(3)15-16(2)18-12-9-10-13-19(18)20/h9-10,12-13,15H,4-8,11,14H2,1-3H3/q+1. The second kappa shape index (κ2) is 8.43. The predicted octanol–water partition coefficient (Wildman–Crippen LogP) is 5.60. The first-order chi connectivity index (χ1) is 10.2. The van der Waals surface area contributed by atoms with Gasteiger partial charge in [0.2, 0.25) is 5.52 Å². The van der Waals surface area contributed by atoms with Crippen LogP contribution in [0.25, 0.3) is 10.9 Å². The Kier molecular flexibility index (Phi) is 6.56. The summed E-state index contributed by atoms with van der Waals surface area (Å²) < 4.78 is 2.41. The van der Waals surface area contributed by atoms with Crippen molar-refractivity contribution in [1.82, 2.24) is 0 Å². The van der Waals surface area contributed by atoms with Crippen LogP contribution >= 0.6 is 11.9 Å². The van der Waals surface area contributed by atoms with Gasteiger partial charge in [-0.1, -0.05) is 51.2 Å². The molecule has 2 rings (SSSR count). The summed E-state index contributed by atoms with van der Waals surface area (Å²) in [6, 6.07) is 11.0. The molecule has 21 heavy (non-hydrogen) atoms. The molecule has 0 N–H and O–H groups in total. The number of rotatable bonds is 8. The quantitative estimate of drug-likeness (QED) is 0.453. The maximum Gasteiger partial charge on any atom is 0.226 e. The molecule has 0 aliphatic carbocycles. The van der Waals surface area contributed by atoms with Crippen LogP contribution in [0.3, 0.4) is 0 Å². The molecule has 0 fully saturated rings. The lowest BCUT2D eigenvalue weighted by molar-refractivity contribution is -0.471. The molecule has 0 amide bonds. The molecule has 114 valence electrons. The zero-order valence-corrected chi connectivity index (χ0v) is 14.5. The summed E-state index contributed by atoms with van der Waals surface area (Å²) in [6.45, 7) is 6.70. The lowest BCUT2D eigenvalue weighted by atomic mass is 10.1. The molecule has 0 radical (unpaired) electrons. The van der Waals surface area contributed by atoms with Crippen LogP contribution < -0.4 is 3.97 Å². The number of aryl methyl sites for hydroxylation is 2. The second-order valence-corrected chi connectivity index (χ2v) is 6.91. The van der Waals surface area contributed by atoms with Gasteiger partial charge in [-0.25, -0.2) is 0 Å². The predicted molar refractivity (Wildman–Crippen MR) is 94.8 cm³/mol. The van der Waals surface area contributed by atoms with Crippen molar-refractivity contribution in [1.29, 1.82) is 0 Å². The molecule has 2 aromatic rings. The molecule has 0 saturated heterocycles. The highest BCUT2D eigenvalue weighted by Gasteiger charge is 2.15. The Morgan fingerprint density at radius 1 is 0.952 bits per heavy atom. The molecule has 1 aromatic carbocycles. The van der Waals surface area contributed by atoms with Crippen LogP contribution in [-0.2, 0) is 0 Å². The van der Waals surface area contributed by atoms with E-state index in [4.69, 9.17) is 0 Å². The van der Waals surface area contributed by atoms with Crippen molar-refractivity contribution in [2.24, 2.45) is 0 Å². The molecule has 0 spiro atoms. The van der Waals surface area contributed by atoms with Crippen molar-refractivity contribution in [2.75, 3.05) is 5.75 Å². The summed E-state index contributed by atoms with van der Waals surface area (Å²) in [5, 5.41) is 1.37. The van der Waals surface area contributed by atoms with Crippen LogP contribution in [0.5, 0.6) is 0 Å². The third-order valence-electron chi connectivity index (χ3n) is 4.01. The molecule has 1 heterocycles. The first-order valence-corrected chi connectivity index (χ1v) is 9.22. The molecule has 0 aliphatic rings. The molecule has 2 heteroatoms.